The Bertz CT molecular complexity index is 942. The molecule has 0 heterocycles. The largest absolute Gasteiger partial charge is 0.462 e. The van der Waals surface area contributed by atoms with Crippen molar-refractivity contribution in [2.75, 3.05) is 13.2 Å². The topological polar surface area (TPSA) is 78.9 Å². The third-order valence-corrected chi connectivity index (χ3v) is 11.2. The number of hydrogen-bond donors (Lipinski definition) is 0. The molecule has 6 heteroatoms. The van der Waals surface area contributed by atoms with Crippen LogP contribution >= 0.6 is 0 Å². The number of rotatable bonds is 46. The SMILES string of the molecule is CCCC/C=C\C/C=C\CCCCCCCC(=O)OCC(COC(=O)CCCCCCCCCCCCCCC)OC(=O)CCCCCCCCCCCCCCC. The summed E-state index contributed by atoms with van der Waals surface area (Å²) in [5.74, 6) is -0.873. The standard InChI is InChI=1S/C52H96O6/c1-4-7-10-13-16-19-22-25-28-30-33-36-39-42-45-51(54)57-48-49(58-52(55)46-43-40-37-34-31-27-24-21-18-15-12-9-6-3)47-56-50(53)44-41-38-35-32-29-26-23-20-17-14-11-8-5-2/h13,16,22,25,49H,4-12,14-15,17-21,23-24,26-48H2,1-3H3/b16-13-,25-22-. The molecule has 1 atom stereocenters. The maximum absolute atomic E-state index is 12.8. The van der Waals surface area contributed by atoms with Gasteiger partial charge in [-0.15, -0.1) is 0 Å². The van der Waals surface area contributed by atoms with E-state index in [1.54, 1.807) is 0 Å². The highest BCUT2D eigenvalue weighted by atomic mass is 16.6. The van der Waals surface area contributed by atoms with E-state index in [1.807, 2.05) is 0 Å². The zero-order chi connectivity index (χ0) is 42.3. The molecule has 0 aliphatic carbocycles. The maximum atomic E-state index is 12.8. The van der Waals surface area contributed by atoms with Gasteiger partial charge in [-0.25, -0.2) is 0 Å². The van der Waals surface area contributed by atoms with Crippen molar-refractivity contribution in [2.45, 2.75) is 277 Å². The van der Waals surface area contributed by atoms with Gasteiger partial charge in [0.15, 0.2) is 6.10 Å². The Hall–Kier alpha value is -2.11. The summed E-state index contributed by atoms with van der Waals surface area (Å²) in [4.78, 5) is 37.9. The monoisotopic (exact) mass is 817 g/mol. The number of hydrogen-bond acceptors (Lipinski definition) is 6. The van der Waals surface area contributed by atoms with Crippen LogP contribution in [0.25, 0.3) is 0 Å². The summed E-state index contributed by atoms with van der Waals surface area (Å²) in [5.41, 5.74) is 0. The molecule has 0 aromatic heterocycles. The molecule has 0 aliphatic rings. The second-order valence-electron chi connectivity index (χ2n) is 17.1. The number of ether oxygens (including phenoxy) is 3. The van der Waals surface area contributed by atoms with Gasteiger partial charge in [-0.05, 0) is 44.9 Å². The van der Waals surface area contributed by atoms with Crippen molar-refractivity contribution >= 4 is 17.9 Å². The van der Waals surface area contributed by atoms with Crippen LogP contribution in [0.4, 0.5) is 0 Å². The van der Waals surface area contributed by atoms with Crippen LogP contribution in [-0.4, -0.2) is 37.2 Å². The summed E-state index contributed by atoms with van der Waals surface area (Å²) in [6.45, 7) is 6.61. The van der Waals surface area contributed by atoms with Crippen molar-refractivity contribution in [1.82, 2.24) is 0 Å². The van der Waals surface area contributed by atoms with Crippen molar-refractivity contribution in [3.63, 3.8) is 0 Å². The molecule has 0 N–H and O–H groups in total. The van der Waals surface area contributed by atoms with E-state index in [2.05, 4.69) is 45.1 Å². The Morgan fingerprint density at radius 1 is 0.345 bits per heavy atom. The van der Waals surface area contributed by atoms with E-state index in [1.165, 1.54) is 154 Å². The summed E-state index contributed by atoms with van der Waals surface area (Å²) in [6, 6.07) is 0. The average molecular weight is 817 g/mol. The number of carbonyl (C=O) groups excluding carboxylic acids is 3. The first-order valence-corrected chi connectivity index (χ1v) is 25.3. The molecule has 0 fully saturated rings. The molecule has 6 nitrogen and oxygen atoms in total. The van der Waals surface area contributed by atoms with E-state index in [9.17, 15) is 14.4 Å². The van der Waals surface area contributed by atoms with Gasteiger partial charge in [0.1, 0.15) is 13.2 Å². The minimum absolute atomic E-state index is 0.0709. The molecular weight excluding hydrogens is 721 g/mol. The third-order valence-electron chi connectivity index (χ3n) is 11.2. The molecule has 0 saturated carbocycles. The van der Waals surface area contributed by atoms with Crippen LogP contribution in [0.1, 0.15) is 271 Å². The molecule has 0 aromatic rings. The second-order valence-corrected chi connectivity index (χ2v) is 17.1. The fraction of sp³-hybridized carbons (Fsp3) is 0.865. The minimum Gasteiger partial charge on any atom is -0.462 e. The van der Waals surface area contributed by atoms with Gasteiger partial charge in [0.2, 0.25) is 0 Å². The summed E-state index contributed by atoms with van der Waals surface area (Å²) in [5, 5.41) is 0. The van der Waals surface area contributed by atoms with Gasteiger partial charge in [0.05, 0.1) is 0 Å². The molecule has 0 spiro atoms. The zero-order valence-electron chi connectivity index (χ0n) is 38.8. The average Bonchev–Trinajstić information content (AvgIpc) is 3.22. The Morgan fingerprint density at radius 2 is 0.638 bits per heavy atom. The predicted molar refractivity (Wildman–Crippen MR) is 247 cm³/mol. The van der Waals surface area contributed by atoms with Crippen LogP contribution < -0.4 is 0 Å². The second kappa shape index (κ2) is 47.6. The van der Waals surface area contributed by atoms with E-state index in [-0.39, 0.29) is 31.1 Å². The Morgan fingerprint density at radius 3 is 1.00 bits per heavy atom. The highest BCUT2D eigenvalue weighted by Gasteiger charge is 2.19. The molecule has 0 radical (unpaired) electrons. The van der Waals surface area contributed by atoms with E-state index in [4.69, 9.17) is 14.2 Å². The number of allylic oxidation sites excluding steroid dienone is 4. The number of carbonyl (C=O) groups is 3. The molecule has 1 unspecified atom stereocenters. The van der Waals surface area contributed by atoms with E-state index >= 15 is 0 Å². The molecule has 0 bridgehead atoms. The van der Waals surface area contributed by atoms with Gasteiger partial charge in [0, 0.05) is 19.3 Å². The van der Waals surface area contributed by atoms with Crippen LogP contribution in [0.5, 0.6) is 0 Å². The lowest BCUT2D eigenvalue weighted by atomic mass is 10.0. The molecular formula is C52H96O6. The van der Waals surface area contributed by atoms with Crippen molar-refractivity contribution in [1.29, 1.82) is 0 Å². The lowest BCUT2D eigenvalue weighted by molar-refractivity contribution is -0.167. The maximum Gasteiger partial charge on any atom is 0.306 e. The van der Waals surface area contributed by atoms with Gasteiger partial charge >= 0.3 is 17.9 Å². The van der Waals surface area contributed by atoms with Crippen LogP contribution in [0, 0.1) is 0 Å². The molecule has 0 aromatic carbocycles. The first kappa shape index (κ1) is 55.9. The van der Waals surface area contributed by atoms with Gasteiger partial charge in [-0.3, -0.25) is 14.4 Å². The summed E-state index contributed by atoms with van der Waals surface area (Å²) in [7, 11) is 0. The minimum atomic E-state index is -0.770. The van der Waals surface area contributed by atoms with E-state index < -0.39 is 6.10 Å². The highest BCUT2D eigenvalue weighted by Crippen LogP contribution is 2.16. The normalized spacial score (nSPS) is 12.1. The summed E-state index contributed by atoms with van der Waals surface area (Å²) >= 11 is 0. The third kappa shape index (κ3) is 45.0. The summed E-state index contributed by atoms with van der Waals surface area (Å²) in [6.07, 6.45) is 52.9. The molecule has 58 heavy (non-hydrogen) atoms. The lowest BCUT2D eigenvalue weighted by Gasteiger charge is -2.18. The number of esters is 3. The first-order valence-electron chi connectivity index (χ1n) is 25.3. The molecule has 0 aliphatic heterocycles. The Kier molecular flexibility index (Phi) is 45.8. The van der Waals surface area contributed by atoms with Gasteiger partial charge in [-0.1, -0.05) is 231 Å². The fourth-order valence-electron chi connectivity index (χ4n) is 7.34. The van der Waals surface area contributed by atoms with Gasteiger partial charge < -0.3 is 14.2 Å². The highest BCUT2D eigenvalue weighted by molar-refractivity contribution is 5.71. The van der Waals surface area contributed by atoms with Crippen molar-refractivity contribution in [3.8, 4) is 0 Å². The zero-order valence-corrected chi connectivity index (χ0v) is 38.8. The van der Waals surface area contributed by atoms with Crippen LogP contribution in [0.2, 0.25) is 0 Å². The predicted octanol–water partition coefficient (Wildman–Crippen LogP) is 16.4. The summed E-state index contributed by atoms with van der Waals surface area (Å²) < 4.78 is 16.8. The molecule has 0 rings (SSSR count). The smallest absolute Gasteiger partial charge is 0.306 e. The lowest BCUT2D eigenvalue weighted by Crippen LogP contribution is -2.30. The van der Waals surface area contributed by atoms with Gasteiger partial charge in [-0.2, -0.15) is 0 Å². The molecule has 0 saturated heterocycles. The van der Waals surface area contributed by atoms with Crippen molar-refractivity contribution < 1.29 is 28.6 Å². The van der Waals surface area contributed by atoms with Crippen LogP contribution in [0.15, 0.2) is 24.3 Å². The quantitative estimate of drug-likeness (QED) is 0.0263. The Balaban J connectivity index is 4.36. The van der Waals surface area contributed by atoms with Crippen molar-refractivity contribution in [2.24, 2.45) is 0 Å². The number of unbranched alkanes of at least 4 members (excludes halogenated alkanes) is 31. The first-order chi connectivity index (χ1) is 28.5. The van der Waals surface area contributed by atoms with Gasteiger partial charge in [0.25, 0.3) is 0 Å². The van der Waals surface area contributed by atoms with Crippen LogP contribution in [0.3, 0.4) is 0 Å². The van der Waals surface area contributed by atoms with E-state index in [0.717, 1.165) is 77.0 Å². The fourth-order valence-corrected chi connectivity index (χ4v) is 7.34. The molecule has 0 amide bonds. The van der Waals surface area contributed by atoms with E-state index in [0.29, 0.717) is 19.3 Å². The van der Waals surface area contributed by atoms with Crippen LogP contribution in [-0.2, 0) is 28.6 Å². The molecule has 340 valence electrons. The van der Waals surface area contributed by atoms with Crippen molar-refractivity contribution in [3.05, 3.63) is 24.3 Å². The Labute approximate surface area is 360 Å².